The Bertz CT molecular complexity index is 605. The highest BCUT2D eigenvalue weighted by molar-refractivity contribution is 5.76. The third-order valence-corrected chi connectivity index (χ3v) is 3.60. The van der Waals surface area contributed by atoms with Gasteiger partial charge in [0.25, 0.3) is 0 Å². The molecule has 0 atom stereocenters. The Morgan fingerprint density at radius 3 is 2.74 bits per heavy atom. The van der Waals surface area contributed by atoms with E-state index in [1.54, 1.807) is 13.3 Å². The Morgan fingerprint density at radius 2 is 2.04 bits per heavy atom. The van der Waals surface area contributed by atoms with Crippen molar-refractivity contribution in [3.8, 4) is 17.1 Å². The van der Waals surface area contributed by atoms with Gasteiger partial charge in [0.05, 0.1) is 13.3 Å². The molecule has 1 aromatic heterocycles. The number of aryl methyl sites for hydroxylation is 1. The lowest BCUT2D eigenvalue weighted by Gasteiger charge is -2.03. The van der Waals surface area contributed by atoms with Crippen molar-refractivity contribution in [3.63, 3.8) is 0 Å². The highest BCUT2D eigenvalue weighted by atomic mass is 16.5. The number of aromatic nitrogens is 1. The van der Waals surface area contributed by atoms with Crippen LogP contribution >= 0.6 is 0 Å². The maximum absolute atomic E-state index is 11.7. The summed E-state index contributed by atoms with van der Waals surface area (Å²) in [5, 5.41) is 2.92. The van der Waals surface area contributed by atoms with Gasteiger partial charge >= 0.3 is 0 Å². The van der Waals surface area contributed by atoms with Crippen LogP contribution in [0, 0.1) is 0 Å². The number of unbranched alkanes of at least 4 members (excludes halogenated alkanes) is 2. The Labute approximate surface area is 137 Å². The number of amides is 1. The number of hydrogen-bond acceptors (Lipinski definition) is 4. The zero-order valence-electron chi connectivity index (χ0n) is 13.8. The van der Waals surface area contributed by atoms with E-state index in [0.29, 0.717) is 24.5 Å². The lowest BCUT2D eigenvalue weighted by Crippen LogP contribution is -2.24. The van der Waals surface area contributed by atoms with Crippen LogP contribution in [0.5, 0.6) is 5.75 Å². The number of benzene rings is 1. The first kappa shape index (κ1) is 17.1. The SMILES string of the molecule is CCCCCNC(=O)CCc1ncc(-c2ccc(OC)cc2)o1. The van der Waals surface area contributed by atoms with Gasteiger partial charge in [-0.3, -0.25) is 4.79 Å². The predicted octanol–water partition coefficient (Wildman–Crippen LogP) is 3.59. The van der Waals surface area contributed by atoms with Crippen LogP contribution in [-0.2, 0) is 11.2 Å². The topological polar surface area (TPSA) is 64.4 Å². The summed E-state index contributed by atoms with van der Waals surface area (Å²) in [5.41, 5.74) is 0.938. The van der Waals surface area contributed by atoms with Gasteiger partial charge in [-0.05, 0) is 30.7 Å². The van der Waals surface area contributed by atoms with E-state index in [0.717, 1.165) is 37.1 Å². The van der Waals surface area contributed by atoms with Crippen molar-refractivity contribution in [1.82, 2.24) is 10.3 Å². The Balaban J connectivity index is 1.81. The first-order valence-electron chi connectivity index (χ1n) is 8.08. The lowest BCUT2D eigenvalue weighted by atomic mass is 10.2. The van der Waals surface area contributed by atoms with E-state index in [2.05, 4.69) is 17.2 Å². The van der Waals surface area contributed by atoms with E-state index < -0.39 is 0 Å². The molecule has 1 aromatic carbocycles. The first-order valence-corrected chi connectivity index (χ1v) is 8.08. The molecule has 2 aromatic rings. The van der Waals surface area contributed by atoms with Crippen LogP contribution in [0.25, 0.3) is 11.3 Å². The van der Waals surface area contributed by atoms with E-state index >= 15 is 0 Å². The van der Waals surface area contributed by atoms with E-state index in [1.807, 2.05) is 24.3 Å². The number of ether oxygens (including phenoxy) is 1. The highest BCUT2D eigenvalue weighted by Gasteiger charge is 2.09. The fourth-order valence-corrected chi connectivity index (χ4v) is 2.23. The van der Waals surface area contributed by atoms with Gasteiger partial charge in [0.1, 0.15) is 5.75 Å². The van der Waals surface area contributed by atoms with Crippen LogP contribution in [0.1, 0.15) is 38.5 Å². The zero-order valence-corrected chi connectivity index (χ0v) is 13.8. The second-order valence-corrected chi connectivity index (χ2v) is 5.40. The van der Waals surface area contributed by atoms with Gasteiger partial charge < -0.3 is 14.5 Å². The van der Waals surface area contributed by atoms with Crippen molar-refractivity contribution in [3.05, 3.63) is 36.4 Å². The number of carbonyl (C=O) groups excluding carboxylic acids is 1. The van der Waals surface area contributed by atoms with Crippen LogP contribution < -0.4 is 10.1 Å². The zero-order chi connectivity index (χ0) is 16.5. The fraction of sp³-hybridized carbons (Fsp3) is 0.444. The van der Waals surface area contributed by atoms with Gasteiger partial charge in [0, 0.05) is 24.9 Å². The van der Waals surface area contributed by atoms with Gasteiger partial charge in [-0.15, -0.1) is 0 Å². The largest absolute Gasteiger partial charge is 0.497 e. The standard InChI is InChI=1S/C18H24N2O3/c1-3-4-5-12-19-17(21)10-11-18-20-13-16(23-18)14-6-8-15(22-2)9-7-14/h6-9,13H,3-5,10-12H2,1-2H3,(H,19,21). The monoisotopic (exact) mass is 316 g/mol. The molecule has 0 aliphatic heterocycles. The third-order valence-electron chi connectivity index (χ3n) is 3.60. The van der Waals surface area contributed by atoms with Gasteiger partial charge in [0.2, 0.25) is 5.91 Å². The van der Waals surface area contributed by atoms with Crippen molar-refractivity contribution >= 4 is 5.91 Å². The summed E-state index contributed by atoms with van der Waals surface area (Å²) >= 11 is 0. The number of methoxy groups -OCH3 is 1. The average molecular weight is 316 g/mol. The molecule has 0 aliphatic carbocycles. The molecule has 1 amide bonds. The molecule has 0 unspecified atom stereocenters. The second-order valence-electron chi connectivity index (χ2n) is 5.40. The quantitative estimate of drug-likeness (QED) is 0.718. The summed E-state index contributed by atoms with van der Waals surface area (Å²) in [6.45, 7) is 2.89. The molecule has 23 heavy (non-hydrogen) atoms. The van der Waals surface area contributed by atoms with Gasteiger partial charge in [-0.25, -0.2) is 4.98 Å². The Hall–Kier alpha value is -2.30. The molecule has 0 aliphatic rings. The number of nitrogens with one attached hydrogen (secondary N) is 1. The fourth-order valence-electron chi connectivity index (χ4n) is 2.23. The smallest absolute Gasteiger partial charge is 0.220 e. The normalized spacial score (nSPS) is 10.5. The molecule has 0 spiro atoms. The lowest BCUT2D eigenvalue weighted by molar-refractivity contribution is -0.121. The molecular weight excluding hydrogens is 292 g/mol. The number of rotatable bonds is 9. The van der Waals surface area contributed by atoms with Crippen LogP contribution in [0.15, 0.2) is 34.9 Å². The minimum absolute atomic E-state index is 0.0466. The van der Waals surface area contributed by atoms with Crippen molar-refractivity contribution in [1.29, 1.82) is 0 Å². The van der Waals surface area contributed by atoms with Crippen LogP contribution in [0.4, 0.5) is 0 Å². The summed E-state index contributed by atoms with van der Waals surface area (Å²) in [6.07, 6.45) is 5.93. The summed E-state index contributed by atoms with van der Waals surface area (Å²) < 4.78 is 10.8. The number of hydrogen-bond donors (Lipinski definition) is 1. The summed E-state index contributed by atoms with van der Waals surface area (Å²) in [7, 11) is 1.63. The van der Waals surface area contributed by atoms with Gasteiger partial charge in [-0.2, -0.15) is 0 Å². The summed E-state index contributed by atoms with van der Waals surface area (Å²) in [5.74, 6) is 2.13. The van der Waals surface area contributed by atoms with E-state index in [-0.39, 0.29) is 5.91 Å². The van der Waals surface area contributed by atoms with Gasteiger partial charge in [-0.1, -0.05) is 19.8 Å². The van der Waals surface area contributed by atoms with Crippen LogP contribution in [0.3, 0.4) is 0 Å². The summed E-state index contributed by atoms with van der Waals surface area (Å²) in [6, 6.07) is 7.59. The molecule has 0 saturated heterocycles. The molecule has 1 heterocycles. The van der Waals surface area contributed by atoms with E-state index in [1.165, 1.54) is 0 Å². The van der Waals surface area contributed by atoms with E-state index in [4.69, 9.17) is 9.15 Å². The van der Waals surface area contributed by atoms with Crippen molar-refractivity contribution in [2.75, 3.05) is 13.7 Å². The Kier molecular flexibility index (Phi) is 6.66. The molecule has 0 bridgehead atoms. The van der Waals surface area contributed by atoms with Crippen LogP contribution in [-0.4, -0.2) is 24.5 Å². The van der Waals surface area contributed by atoms with Crippen molar-refractivity contribution in [2.24, 2.45) is 0 Å². The van der Waals surface area contributed by atoms with Crippen molar-refractivity contribution in [2.45, 2.75) is 39.0 Å². The third kappa shape index (κ3) is 5.43. The molecule has 2 rings (SSSR count). The minimum atomic E-state index is 0.0466. The maximum Gasteiger partial charge on any atom is 0.220 e. The number of oxazole rings is 1. The molecule has 1 N–H and O–H groups in total. The summed E-state index contributed by atoms with van der Waals surface area (Å²) in [4.78, 5) is 16.0. The molecule has 124 valence electrons. The number of nitrogens with zero attached hydrogens (tertiary/aromatic N) is 1. The molecule has 0 radical (unpaired) electrons. The molecule has 5 nitrogen and oxygen atoms in total. The molecule has 0 saturated carbocycles. The molecular formula is C18H24N2O3. The first-order chi connectivity index (χ1) is 11.2. The predicted molar refractivity (Wildman–Crippen MR) is 89.3 cm³/mol. The second kappa shape index (κ2) is 8.98. The van der Waals surface area contributed by atoms with E-state index in [9.17, 15) is 4.79 Å². The van der Waals surface area contributed by atoms with Crippen molar-refractivity contribution < 1.29 is 13.9 Å². The van der Waals surface area contributed by atoms with Crippen LogP contribution in [0.2, 0.25) is 0 Å². The average Bonchev–Trinajstić information content (AvgIpc) is 3.06. The number of carbonyl (C=O) groups is 1. The molecule has 0 fully saturated rings. The minimum Gasteiger partial charge on any atom is -0.497 e. The highest BCUT2D eigenvalue weighted by Crippen LogP contribution is 2.23. The Morgan fingerprint density at radius 1 is 1.26 bits per heavy atom. The van der Waals surface area contributed by atoms with Gasteiger partial charge in [0.15, 0.2) is 11.7 Å². The maximum atomic E-state index is 11.7. The molecule has 5 heteroatoms.